The van der Waals surface area contributed by atoms with Gasteiger partial charge in [0, 0.05) is 43.0 Å². The number of fused-ring (bicyclic) bond motifs is 1. The summed E-state index contributed by atoms with van der Waals surface area (Å²) < 4.78 is 6.50. The van der Waals surface area contributed by atoms with Gasteiger partial charge in [-0.05, 0) is 25.3 Å². The molecule has 4 heterocycles. The topological polar surface area (TPSA) is 92.6 Å². The van der Waals surface area contributed by atoms with E-state index in [2.05, 4.69) is 15.0 Å². The van der Waals surface area contributed by atoms with E-state index in [1.54, 1.807) is 35.5 Å². The van der Waals surface area contributed by atoms with Crippen molar-refractivity contribution in [1.29, 1.82) is 0 Å². The number of nitrogens with zero attached hydrogens (tertiary/aromatic N) is 4. The predicted molar refractivity (Wildman–Crippen MR) is 94.2 cm³/mol. The number of rotatable bonds is 3. The second-order valence-corrected chi connectivity index (χ2v) is 6.28. The zero-order valence-electron chi connectivity index (χ0n) is 14.4. The maximum Gasteiger partial charge on any atom is 0.259 e. The molecule has 0 aliphatic carbocycles. The molecule has 0 bridgehead atoms. The molecule has 3 aromatic rings. The third-order valence-electron chi connectivity index (χ3n) is 4.73. The third kappa shape index (κ3) is 2.83. The van der Waals surface area contributed by atoms with E-state index in [-0.39, 0.29) is 17.5 Å². The number of H-pyrrole nitrogens is 1. The summed E-state index contributed by atoms with van der Waals surface area (Å²) in [5, 5.41) is 0. The first kappa shape index (κ1) is 16.3. The van der Waals surface area contributed by atoms with Crippen molar-refractivity contribution in [3.8, 4) is 5.88 Å². The van der Waals surface area contributed by atoms with Gasteiger partial charge in [0.25, 0.3) is 11.5 Å². The molecule has 0 radical (unpaired) electrons. The van der Waals surface area contributed by atoms with Crippen LogP contribution in [-0.2, 0) is 0 Å². The number of aromatic nitrogens is 4. The minimum atomic E-state index is -0.187. The number of amides is 1. The molecule has 134 valence electrons. The van der Waals surface area contributed by atoms with Gasteiger partial charge in [0.05, 0.1) is 18.7 Å². The van der Waals surface area contributed by atoms with Crippen molar-refractivity contribution in [3.05, 3.63) is 58.4 Å². The molecular formula is C18H19N5O3. The van der Waals surface area contributed by atoms with Crippen molar-refractivity contribution in [2.45, 2.75) is 25.3 Å². The molecule has 0 spiro atoms. The van der Waals surface area contributed by atoms with Crippen molar-refractivity contribution in [2.75, 3.05) is 13.7 Å². The van der Waals surface area contributed by atoms with E-state index >= 15 is 0 Å². The van der Waals surface area contributed by atoms with Crippen molar-refractivity contribution in [3.63, 3.8) is 0 Å². The molecule has 3 aromatic heterocycles. The number of likely N-dealkylation sites (tertiary alicyclic amines) is 1. The monoisotopic (exact) mass is 353 g/mol. The van der Waals surface area contributed by atoms with Crippen LogP contribution in [0.5, 0.6) is 5.88 Å². The Bertz CT molecular complexity index is 992. The van der Waals surface area contributed by atoms with Gasteiger partial charge < -0.3 is 14.6 Å². The molecule has 0 saturated carbocycles. The quantitative estimate of drug-likeness (QED) is 0.775. The Balaban J connectivity index is 1.68. The van der Waals surface area contributed by atoms with E-state index in [9.17, 15) is 9.59 Å². The molecule has 1 N–H and O–H groups in total. The van der Waals surface area contributed by atoms with E-state index in [0.29, 0.717) is 29.5 Å². The summed E-state index contributed by atoms with van der Waals surface area (Å²) >= 11 is 0. The normalized spacial score (nSPS) is 17.4. The van der Waals surface area contributed by atoms with Gasteiger partial charge in [0.2, 0.25) is 11.7 Å². The summed E-state index contributed by atoms with van der Waals surface area (Å²) in [7, 11) is 1.53. The van der Waals surface area contributed by atoms with E-state index in [1.165, 1.54) is 17.7 Å². The molecular weight excluding hydrogens is 334 g/mol. The zero-order valence-corrected chi connectivity index (χ0v) is 14.4. The summed E-state index contributed by atoms with van der Waals surface area (Å²) in [6.07, 6.45) is 7.43. The molecule has 8 heteroatoms. The smallest absolute Gasteiger partial charge is 0.259 e. The van der Waals surface area contributed by atoms with Crippen LogP contribution in [0.15, 0.2) is 41.6 Å². The van der Waals surface area contributed by atoms with Gasteiger partial charge in [-0.15, -0.1) is 0 Å². The Morgan fingerprint density at radius 1 is 1.31 bits per heavy atom. The van der Waals surface area contributed by atoms with E-state index in [1.807, 2.05) is 0 Å². The lowest BCUT2D eigenvalue weighted by Crippen LogP contribution is -2.39. The van der Waals surface area contributed by atoms with Gasteiger partial charge in [0.1, 0.15) is 0 Å². The molecule has 8 nitrogen and oxygen atoms in total. The lowest BCUT2D eigenvalue weighted by Gasteiger charge is -2.35. The first-order valence-corrected chi connectivity index (χ1v) is 8.54. The summed E-state index contributed by atoms with van der Waals surface area (Å²) in [6, 6.07) is 4.75. The van der Waals surface area contributed by atoms with Gasteiger partial charge >= 0.3 is 0 Å². The third-order valence-corrected chi connectivity index (χ3v) is 4.73. The highest BCUT2D eigenvalue weighted by atomic mass is 16.5. The number of carbonyl (C=O) groups is 1. The Morgan fingerprint density at radius 2 is 2.19 bits per heavy atom. The standard InChI is InChI=1S/C18H19N5O3/c1-26-15-6-5-12(11-20-15)17(25)22-8-3-2-4-14(22)13-10-16(24)23-9-7-19-18(23)21-13/h5-7,9-11,14H,2-4,8H2,1H3,(H,19,21)/t14-/m1/s1. The Labute approximate surface area is 149 Å². The van der Waals surface area contributed by atoms with Crippen LogP contribution < -0.4 is 10.3 Å². The lowest BCUT2D eigenvalue weighted by molar-refractivity contribution is 0.0605. The van der Waals surface area contributed by atoms with Crippen molar-refractivity contribution in [2.24, 2.45) is 0 Å². The predicted octanol–water partition coefficient (Wildman–Crippen LogP) is 1.79. The van der Waals surface area contributed by atoms with E-state index in [4.69, 9.17) is 4.74 Å². The summed E-state index contributed by atoms with van der Waals surface area (Å²) in [4.78, 5) is 38.6. The number of imidazole rings is 1. The van der Waals surface area contributed by atoms with Gasteiger partial charge in [-0.3, -0.25) is 14.0 Å². The molecule has 1 saturated heterocycles. The van der Waals surface area contributed by atoms with Crippen LogP contribution >= 0.6 is 0 Å². The maximum atomic E-state index is 13.0. The Morgan fingerprint density at radius 3 is 2.96 bits per heavy atom. The number of aromatic amines is 1. The number of hydrogen-bond donors (Lipinski definition) is 1. The molecule has 1 fully saturated rings. The SMILES string of the molecule is COc1ccc(C(=O)N2CCCC[C@@H]2c2cc(=O)n3ccnc3[nH]2)cn1. The van der Waals surface area contributed by atoms with Crippen LogP contribution in [0.25, 0.3) is 5.78 Å². The molecule has 1 aliphatic rings. The zero-order chi connectivity index (χ0) is 18.1. The van der Waals surface area contributed by atoms with Crippen LogP contribution in [-0.4, -0.2) is 43.8 Å². The number of hydrogen-bond acceptors (Lipinski definition) is 5. The van der Waals surface area contributed by atoms with Crippen molar-refractivity contribution in [1.82, 2.24) is 24.3 Å². The lowest BCUT2D eigenvalue weighted by atomic mass is 9.98. The van der Waals surface area contributed by atoms with Crippen LogP contribution in [0, 0.1) is 0 Å². The minimum absolute atomic E-state index is 0.103. The van der Waals surface area contributed by atoms with Gasteiger partial charge in [0.15, 0.2) is 0 Å². The second-order valence-electron chi connectivity index (χ2n) is 6.28. The van der Waals surface area contributed by atoms with Crippen LogP contribution in [0.3, 0.4) is 0 Å². The molecule has 0 aromatic carbocycles. The minimum Gasteiger partial charge on any atom is -0.481 e. The molecule has 1 atom stereocenters. The fourth-order valence-corrected chi connectivity index (χ4v) is 3.41. The van der Waals surface area contributed by atoms with Crippen LogP contribution in [0.4, 0.5) is 0 Å². The number of carbonyl (C=O) groups excluding carboxylic acids is 1. The van der Waals surface area contributed by atoms with Crippen LogP contribution in [0.2, 0.25) is 0 Å². The van der Waals surface area contributed by atoms with Crippen molar-refractivity contribution >= 4 is 11.7 Å². The number of ether oxygens (including phenoxy) is 1. The van der Waals surface area contributed by atoms with Gasteiger partial charge in [-0.2, -0.15) is 0 Å². The Kier molecular flexibility index (Phi) is 4.16. The average Bonchev–Trinajstić information content (AvgIpc) is 3.17. The molecule has 1 amide bonds. The van der Waals surface area contributed by atoms with Crippen molar-refractivity contribution < 1.29 is 9.53 Å². The largest absolute Gasteiger partial charge is 0.481 e. The maximum absolute atomic E-state index is 13.0. The Hall–Kier alpha value is -3.16. The molecule has 1 aliphatic heterocycles. The fourth-order valence-electron chi connectivity index (χ4n) is 3.41. The summed E-state index contributed by atoms with van der Waals surface area (Å²) in [5.74, 6) is 0.844. The number of pyridine rings is 1. The number of piperidine rings is 1. The first-order valence-electron chi connectivity index (χ1n) is 8.54. The van der Waals surface area contributed by atoms with Crippen LogP contribution in [0.1, 0.15) is 41.4 Å². The van der Waals surface area contributed by atoms with Gasteiger partial charge in [-0.25, -0.2) is 9.97 Å². The van der Waals surface area contributed by atoms with Gasteiger partial charge in [-0.1, -0.05) is 0 Å². The first-order chi connectivity index (χ1) is 12.7. The fraction of sp³-hybridized carbons (Fsp3) is 0.333. The molecule has 0 unspecified atom stereocenters. The summed E-state index contributed by atoms with van der Waals surface area (Å²) in [5.41, 5.74) is 1.06. The summed E-state index contributed by atoms with van der Waals surface area (Å²) in [6.45, 7) is 0.636. The van der Waals surface area contributed by atoms with E-state index in [0.717, 1.165) is 19.3 Å². The highest BCUT2D eigenvalue weighted by Gasteiger charge is 2.30. The highest BCUT2D eigenvalue weighted by molar-refractivity contribution is 5.94. The number of methoxy groups -OCH3 is 1. The number of nitrogens with one attached hydrogen (secondary N) is 1. The molecule has 4 rings (SSSR count). The van der Waals surface area contributed by atoms with E-state index < -0.39 is 0 Å². The highest BCUT2D eigenvalue weighted by Crippen LogP contribution is 2.30. The molecule has 26 heavy (non-hydrogen) atoms. The average molecular weight is 353 g/mol. The second kappa shape index (κ2) is 6.62.